The summed E-state index contributed by atoms with van der Waals surface area (Å²) in [6, 6.07) is 2.98. The molecule has 0 aromatic carbocycles. The smallest absolute Gasteiger partial charge is 0.434 e. The van der Waals surface area contributed by atoms with E-state index in [1.54, 1.807) is 0 Å². The molecule has 12 heteroatoms. The molecule has 0 atom stereocenters. The predicted molar refractivity (Wildman–Crippen MR) is 102 cm³/mol. The molecule has 2 aromatic heterocycles. The molecule has 1 spiro atoms. The molecular formula is C17H18F3N7OS. The van der Waals surface area contributed by atoms with Gasteiger partial charge < -0.3 is 21.1 Å². The van der Waals surface area contributed by atoms with Gasteiger partial charge in [0.25, 0.3) is 6.02 Å². The zero-order valence-corrected chi connectivity index (χ0v) is 16.0. The maximum absolute atomic E-state index is 13.1. The number of aliphatic imine (C=N–C) groups is 1. The quantitative estimate of drug-likeness (QED) is 0.770. The van der Waals surface area contributed by atoms with Gasteiger partial charge in [0.05, 0.1) is 12.7 Å². The van der Waals surface area contributed by atoms with Gasteiger partial charge in [0, 0.05) is 37.0 Å². The Bertz CT molecular complexity index is 945. The van der Waals surface area contributed by atoms with Crippen molar-refractivity contribution in [3.05, 3.63) is 30.2 Å². The molecule has 29 heavy (non-hydrogen) atoms. The Hall–Kier alpha value is -2.76. The molecule has 4 N–H and O–H groups in total. The molecule has 0 radical (unpaired) electrons. The first-order valence-electron chi connectivity index (χ1n) is 8.82. The second kappa shape index (κ2) is 7.25. The standard InChI is InChI=1S/C17H18F3N7OS/c18-17(19,20)12-10(2-1-5-23-12)29-14-13(21)26-11(8-24-14)27-6-3-16(4-7-27)9-25-15(22)28-16/h1-2,5,8H,3-4,6-7,9H2,(H2,21,26)(H2,22,25). The SMILES string of the molecule is NC1=NCC2(CCN(c3cnc(Sc4cccnc4C(F)(F)F)c(N)n3)CC2)O1. The van der Waals surface area contributed by atoms with Crippen molar-refractivity contribution in [2.45, 2.75) is 34.5 Å². The summed E-state index contributed by atoms with van der Waals surface area (Å²) in [6.07, 6.45) is -0.508. The lowest BCUT2D eigenvalue weighted by Crippen LogP contribution is -2.47. The first-order chi connectivity index (χ1) is 13.8. The molecule has 154 valence electrons. The molecule has 0 bridgehead atoms. The Morgan fingerprint density at radius 3 is 2.55 bits per heavy atom. The fourth-order valence-electron chi connectivity index (χ4n) is 3.32. The van der Waals surface area contributed by atoms with Crippen LogP contribution in [0.4, 0.5) is 24.8 Å². The van der Waals surface area contributed by atoms with Gasteiger partial charge in [-0.25, -0.2) is 15.0 Å². The second-order valence-corrected chi connectivity index (χ2v) is 7.83. The highest BCUT2D eigenvalue weighted by Crippen LogP contribution is 2.39. The van der Waals surface area contributed by atoms with Gasteiger partial charge in [0.15, 0.2) is 11.5 Å². The van der Waals surface area contributed by atoms with Crippen molar-refractivity contribution < 1.29 is 17.9 Å². The van der Waals surface area contributed by atoms with Crippen LogP contribution in [0, 0.1) is 0 Å². The van der Waals surface area contributed by atoms with E-state index in [0.717, 1.165) is 30.8 Å². The number of hydrogen-bond donors (Lipinski definition) is 2. The first kappa shape index (κ1) is 19.6. The van der Waals surface area contributed by atoms with E-state index in [2.05, 4.69) is 19.9 Å². The molecule has 4 rings (SSSR count). The highest BCUT2D eigenvalue weighted by molar-refractivity contribution is 7.99. The average molecular weight is 425 g/mol. The van der Waals surface area contributed by atoms with Crippen LogP contribution in [0.15, 0.2) is 39.4 Å². The molecule has 2 aliphatic rings. The molecule has 2 aromatic rings. The monoisotopic (exact) mass is 425 g/mol. The number of alkyl halides is 3. The Labute approximate surface area is 168 Å². The number of halogens is 3. The minimum absolute atomic E-state index is 0.0643. The van der Waals surface area contributed by atoms with Crippen LogP contribution in [0.2, 0.25) is 0 Å². The number of nitrogen functional groups attached to an aromatic ring is 1. The van der Waals surface area contributed by atoms with Crippen LogP contribution >= 0.6 is 11.8 Å². The minimum Gasteiger partial charge on any atom is -0.457 e. The number of amidine groups is 1. The molecule has 4 heterocycles. The van der Waals surface area contributed by atoms with E-state index in [1.165, 1.54) is 18.3 Å². The van der Waals surface area contributed by atoms with Crippen LogP contribution < -0.4 is 16.4 Å². The van der Waals surface area contributed by atoms with Crippen molar-refractivity contribution in [1.82, 2.24) is 15.0 Å². The van der Waals surface area contributed by atoms with Gasteiger partial charge in [-0.05, 0) is 12.1 Å². The third-order valence-corrected chi connectivity index (χ3v) is 5.90. The molecule has 0 amide bonds. The maximum atomic E-state index is 13.1. The van der Waals surface area contributed by atoms with Crippen LogP contribution in [-0.2, 0) is 10.9 Å². The topological polar surface area (TPSA) is 116 Å². The molecular weight excluding hydrogens is 407 g/mol. The van der Waals surface area contributed by atoms with E-state index in [4.69, 9.17) is 16.2 Å². The zero-order valence-electron chi connectivity index (χ0n) is 15.2. The van der Waals surface area contributed by atoms with Crippen LogP contribution in [0.25, 0.3) is 0 Å². The summed E-state index contributed by atoms with van der Waals surface area (Å²) >= 11 is 0.790. The van der Waals surface area contributed by atoms with E-state index in [1.807, 2.05) is 4.90 Å². The fourth-order valence-corrected chi connectivity index (χ4v) is 4.19. The van der Waals surface area contributed by atoms with Crippen molar-refractivity contribution in [3.63, 3.8) is 0 Å². The zero-order chi connectivity index (χ0) is 20.6. The third-order valence-electron chi connectivity index (χ3n) is 4.84. The van der Waals surface area contributed by atoms with Crippen molar-refractivity contribution >= 4 is 29.4 Å². The summed E-state index contributed by atoms with van der Waals surface area (Å²) in [4.78, 5) is 18.1. The first-order valence-corrected chi connectivity index (χ1v) is 9.64. The number of anilines is 2. The minimum atomic E-state index is -4.56. The predicted octanol–water partition coefficient (Wildman–Crippen LogP) is 2.31. The number of piperidine rings is 1. The van der Waals surface area contributed by atoms with E-state index >= 15 is 0 Å². The van der Waals surface area contributed by atoms with Crippen molar-refractivity contribution in [2.24, 2.45) is 10.7 Å². The van der Waals surface area contributed by atoms with Crippen LogP contribution in [0.5, 0.6) is 0 Å². The highest BCUT2D eigenvalue weighted by atomic mass is 32.2. The van der Waals surface area contributed by atoms with E-state index in [-0.39, 0.29) is 27.4 Å². The summed E-state index contributed by atoms with van der Waals surface area (Å²) in [7, 11) is 0. The molecule has 1 fully saturated rings. The van der Waals surface area contributed by atoms with E-state index in [9.17, 15) is 13.2 Å². The van der Waals surface area contributed by atoms with E-state index in [0.29, 0.717) is 25.5 Å². The number of pyridine rings is 1. The Morgan fingerprint density at radius 2 is 1.93 bits per heavy atom. The number of nitrogens with two attached hydrogens (primary N) is 2. The van der Waals surface area contributed by atoms with Gasteiger partial charge in [-0.1, -0.05) is 11.8 Å². The van der Waals surface area contributed by atoms with Gasteiger partial charge in [0.2, 0.25) is 0 Å². The normalized spacial score (nSPS) is 18.6. The molecule has 1 saturated heterocycles. The maximum Gasteiger partial charge on any atom is 0.434 e. The Kier molecular flexibility index (Phi) is 4.89. The van der Waals surface area contributed by atoms with Crippen LogP contribution in [-0.4, -0.2) is 46.2 Å². The summed E-state index contributed by atoms with van der Waals surface area (Å²) in [5.74, 6) is 0.630. The fraction of sp³-hybridized carbons (Fsp3) is 0.412. The lowest BCUT2D eigenvalue weighted by Gasteiger charge is -2.38. The lowest BCUT2D eigenvalue weighted by atomic mass is 9.91. The largest absolute Gasteiger partial charge is 0.457 e. The van der Waals surface area contributed by atoms with Gasteiger partial charge >= 0.3 is 6.18 Å². The number of hydrogen-bond acceptors (Lipinski definition) is 9. The van der Waals surface area contributed by atoms with Gasteiger partial charge in [-0.3, -0.25) is 4.98 Å². The number of ether oxygens (including phenoxy) is 1. The highest BCUT2D eigenvalue weighted by Gasteiger charge is 2.41. The molecule has 0 aliphatic carbocycles. The van der Waals surface area contributed by atoms with Crippen molar-refractivity contribution in [1.29, 1.82) is 0 Å². The summed E-state index contributed by atoms with van der Waals surface area (Å²) in [5, 5.41) is 0.195. The Morgan fingerprint density at radius 1 is 1.17 bits per heavy atom. The van der Waals surface area contributed by atoms with Crippen molar-refractivity contribution in [2.75, 3.05) is 30.3 Å². The summed E-state index contributed by atoms with van der Waals surface area (Å²) in [5.41, 5.74) is 10.3. The molecule has 8 nitrogen and oxygen atoms in total. The number of rotatable bonds is 3. The third kappa shape index (κ3) is 4.02. The van der Waals surface area contributed by atoms with Crippen LogP contribution in [0.1, 0.15) is 18.5 Å². The average Bonchev–Trinajstić information content (AvgIpc) is 3.04. The van der Waals surface area contributed by atoms with Crippen LogP contribution in [0.3, 0.4) is 0 Å². The number of aromatic nitrogens is 3. The molecule has 2 aliphatic heterocycles. The number of nitrogens with zero attached hydrogens (tertiary/aromatic N) is 5. The van der Waals surface area contributed by atoms with Gasteiger partial charge in [0.1, 0.15) is 16.4 Å². The molecule has 0 unspecified atom stereocenters. The molecule has 0 saturated carbocycles. The van der Waals surface area contributed by atoms with Gasteiger partial charge in [-0.2, -0.15) is 13.2 Å². The van der Waals surface area contributed by atoms with E-state index < -0.39 is 11.9 Å². The summed E-state index contributed by atoms with van der Waals surface area (Å²) in [6.45, 7) is 1.86. The van der Waals surface area contributed by atoms with Crippen molar-refractivity contribution in [3.8, 4) is 0 Å². The Balaban J connectivity index is 1.47. The second-order valence-electron chi connectivity index (χ2n) is 6.80. The lowest BCUT2D eigenvalue weighted by molar-refractivity contribution is -0.143. The van der Waals surface area contributed by atoms with Gasteiger partial charge in [-0.15, -0.1) is 0 Å². The summed E-state index contributed by atoms with van der Waals surface area (Å²) < 4.78 is 45.1.